The van der Waals surface area contributed by atoms with Crippen LogP contribution in [0.15, 0.2) is 54.6 Å². The largest absolute Gasteiger partial charge is 0.432 e. The Morgan fingerprint density at radius 2 is 1.31 bits per heavy atom. The quantitative estimate of drug-likeness (QED) is 0.215. The average Bonchev–Trinajstić information content (AvgIpc) is 2.81. The predicted octanol–water partition coefficient (Wildman–Crippen LogP) is 9.66. The minimum atomic E-state index is -5.47. The molecule has 1 aliphatic rings. The molecule has 0 radical (unpaired) electrons. The lowest BCUT2D eigenvalue weighted by Crippen LogP contribution is -2.25. The molecule has 3 aromatic rings. The van der Waals surface area contributed by atoms with Gasteiger partial charge in [0, 0.05) is 23.6 Å². The fraction of sp³-hybridized carbons (Fsp3) is 0.286. The van der Waals surface area contributed by atoms with Crippen molar-refractivity contribution in [2.24, 2.45) is 5.92 Å². The summed E-state index contributed by atoms with van der Waals surface area (Å²) in [4.78, 5) is 0. The Bertz CT molecular complexity index is 1360. The Hall–Kier alpha value is -3.50. The molecule has 0 amide bonds. The molecule has 2 atom stereocenters. The molecule has 0 aliphatic heterocycles. The number of hydrogen-bond donors (Lipinski definition) is 0. The molecule has 0 spiro atoms. The summed E-state index contributed by atoms with van der Waals surface area (Å²) in [5, 5.41) is 0. The Morgan fingerprint density at radius 1 is 0.718 bits per heavy atom. The number of benzene rings is 3. The van der Waals surface area contributed by atoms with Crippen LogP contribution in [0.2, 0.25) is 0 Å². The van der Waals surface area contributed by atoms with Crippen molar-refractivity contribution in [2.75, 3.05) is 0 Å². The van der Waals surface area contributed by atoms with E-state index in [9.17, 15) is 43.9 Å². The Morgan fingerprint density at radius 3 is 1.79 bits per heavy atom. The third-order valence-electron chi connectivity index (χ3n) is 6.60. The fourth-order valence-electron chi connectivity index (χ4n) is 4.58. The minimum absolute atomic E-state index is 0.0529. The van der Waals surface area contributed by atoms with Gasteiger partial charge in [0.2, 0.25) is 0 Å². The smallest absolute Gasteiger partial charge is 0.429 e. The summed E-state index contributed by atoms with van der Waals surface area (Å²) in [5.41, 5.74) is -4.38. The van der Waals surface area contributed by atoms with E-state index in [1.54, 1.807) is 6.07 Å². The second-order valence-electron chi connectivity index (χ2n) is 9.17. The second-order valence-corrected chi connectivity index (χ2v) is 9.17. The van der Waals surface area contributed by atoms with Gasteiger partial charge in [0.1, 0.15) is 46.0 Å². The van der Waals surface area contributed by atoms with Gasteiger partial charge in [0.05, 0.1) is 0 Å². The van der Waals surface area contributed by atoms with E-state index in [2.05, 4.69) is 17.7 Å². The SMILES string of the molecule is CCC1C=CC(c2ccc(-c3cc(F)c(C(F)(F)Oc4cc(F)c(C(F)(F)F)c(F)c4)c(F)c3)c(F)c2)CC1. The van der Waals surface area contributed by atoms with E-state index in [0.717, 1.165) is 19.3 Å². The van der Waals surface area contributed by atoms with Gasteiger partial charge in [0.25, 0.3) is 0 Å². The zero-order chi connectivity index (χ0) is 28.7. The van der Waals surface area contributed by atoms with E-state index in [1.807, 2.05) is 6.08 Å². The zero-order valence-electron chi connectivity index (χ0n) is 20.2. The summed E-state index contributed by atoms with van der Waals surface area (Å²) >= 11 is 0. The maximum absolute atomic E-state index is 14.9. The van der Waals surface area contributed by atoms with Crippen LogP contribution in [-0.4, -0.2) is 0 Å². The van der Waals surface area contributed by atoms with E-state index in [4.69, 9.17) is 0 Å². The first-order chi connectivity index (χ1) is 18.2. The standard InChI is InChI=1S/C28H20F10O/c1-2-14-3-5-15(6-4-14)16-7-8-19(20(29)9-16)17-10-21(30)26(22(31)11-17)28(37,38)39-18-12-23(32)25(24(33)13-18)27(34,35)36/h3,5,7-15H,2,4,6H2,1H3. The van der Waals surface area contributed by atoms with E-state index in [1.165, 1.54) is 12.1 Å². The summed E-state index contributed by atoms with van der Waals surface area (Å²) < 4.78 is 143. The summed E-state index contributed by atoms with van der Waals surface area (Å²) in [7, 11) is 0. The molecular weight excluding hydrogens is 542 g/mol. The van der Waals surface area contributed by atoms with E-state index in [0.29, 0.717) is 23.6 Å². The summed E-state index contributed by atoms with van der Waals surface area (Å²) in [6.07, 6.45) is -3.67. The van der Waals surface area contributed by atoms with Crippen LogP contribution in [0.5, 0.6) is 5.75 Å². The van der Waals surface area contributed by atoms with Crippen LogP contribution in [-0.2, 0) is 12.3 Å². The highest BCUT2D eigenvalue weighted by atomic mass is 19.4. The Labute approximate surface area is 216 Å². The maximum Gasteiger partial charge on any atom is 0.432 e. The van der Waals surface area contributed by atoms with Gasteiger partial charge in [-0.2, -0.15) is 22.0 Å². The lowest BCUT2D eigenvalue weighted by atomic mass is 9.83. The minimum Gasteiger partial charge on any atom is -0.429 e. The molecule has 0 N–H and O–H groups in total. The molecule has 3 aromatic carbocycles. The van der Waals surface area contributed by atoms with Gasteiger partial charge >= 0.3 is 12.3 Å². The van der Waals surface area contributed by atoms with Gasteiger partial charge in [-0.3, -0.25) is 0 Å². The molecule has 208 valence electrons. The van der Waals surface area contributed by atoms with Crippen molar-refractivity contribution in [1.82, 2.24) is 0 Å². The van der Waals surface area contributed by atoms with Crippen LogP contribution in [0, 0.1) is 35.0 Å². The molecule has 4 rings (SSSR count). The molecular formula is C28H20F10O. The molecule has 0 fully saturated rings. The van der Waals surface area contributed by atoms with Crippen molar-refractivity contribution < 1.29 is 48.6 Å². The van der Waals surface area contributed by atoms with Crippen molar-refractivity contribution in [1.29, 1.82) is 0 Å². The Kier molecular flexibility index (Phi) is 7.73. The third-order valence-corrected chi connectivity index (χ3v) is 6.60. The number of hydrogen-bond acceptors (Lipinski definition) is 1. The molecule has 0 aromatic heterocycles. The van der Waals surface area contributed by atoms with E-state index < -0.39 is 63.8 Å². The number of alkyl halides is 5. The lowest BCUT2D eigenvalue weighted by molar-refractivity contribution is -0.189. The molecule has 2 unspecified atom stereocenters. The highest BCUT2D eigenvalue weighted by Gasteiger charge is 2.43. The van der Waals surface area contributed by atoms with Crippen LogP contribution in [0.1, 0.15) is 48.8 Å². The maximum atomic E-state index is 14.9. The number of rotatable bonds is 6. The van der Waals surface area contributed by atoms with Gasteiger partial charge in [-0.15, -0.1) is 0 Å². The fourth-order valence-corrected chi connectivity index (χ4v) is 4.58. The topological polar surface area (TPSA) is 9.23 Å². The Balaban J connectivity index is 1.62. The van der Waals surface area contributed by atoms with Gasteiger partial charge in [-0.05, 0) is 54.5 Å². The summed E-state index contributed by atoms with van der Waals surface area (Å²) in [6.45, 7) is 2.06. The number of halogens is 10. The van der Waals surface area contributed by atoms with E-state index in [-0.39, 0.29) is 23.6 Å². The highest BCUT2D eigenvalue weighted by Crippen LogP contribution is 2.41. The van der Waals surface area contributed by atoms with Crippen molar-refractivity contribution >= 4 is 0 Å². The predicted molar refractivity (Wildman–Crippen MR) is 123 cm³/mol. The van der Waals surface area contributed by atoms with Crippen LogP contribution in [0.25, 0.3) is 11.1 Å². The molecule has 11 heteroatoms. The normalized spacial score (nSPS) is 17.9. The van der Waals surface area contributed by atoms with Gasteiger partial charge in [-0.1, -0.05) is 31.2 Å². The van der Waals surface area contributed by atoms with Gasteiger partial charge in [0.15, 0.2) is 0 Å². The van der Waals surface area contributed by atoms with Gasteiger partial charge < -0.3 is 4.74 Å². The van der Waals surface area contributed by atoms with E-state index >= 15 is 0 Å². The summed E-state index contributed by atoms with van der Waals surface area (Å²) in [6, 6.07) is 4.50. The number of allylic oxidation sites excluding steroid dienone is 2. The molecule has 0 bridgehead atoms. The molecule has 0 saturated carbocycles. The first-order valence-electron chi connectivity index (χ1n) is 11.8. The molecule has 1 aliphatic carbocycles. The monoisotopic (exact) mass is 562 g/mol. The molecule has 0 heterocycles. The third kappa shape index (κ3) is 5.91. The van der Waals surface area contributed by atoms with Crippen LogP contribution in [0.3, 0.4) is 0 Å². The van der Waals surface area contributed by atoms with Crippen molar-refractivity contribution in [3.05, 3.63) is 100 Å². The lowest BCUT2D eigenvalue weighted by Gasteiger charge is -2.23. The van der Waals surface area contributed by atoms with Gasteiger partial charge in [-0.25, -0.2) is 22.0 Å². The first kappa shape index (κ1) is 28.5. The summed E-state index contributed by atoms with van der Waals surface area (Å²) in [5.74, 6) is -10.2. The second kappa shape index (κ2) is 10.6. The highest BCUT2D eigenvalue weighted by molar-refractivity contribution is 5.65. The first-order valence-corrected chi connectivity index (χ1v) is 11.8. The van der Waals surface area contributed by atoms with Crippen LogP contribution < -0.4 is 4.74 Å². The zero-order valence-corrected chi connectivity index (χ0v) is 20.2. The van der Waals surface area contributed by atoms with Crippen molar-refractivity contribution in [2.45, 2.75) is 44.4 Å². The number of ether oxygens (including phenoxy) is 1. The average molecular weight is 562 g/mol. The van der Waals surface area contributed by atoms with Crippen molar-refractivity contribution in [3.63, 3.8) is 0 Å². The molecule has 0 saturated heterocycles. The van der Waals surface area contributed by atoms with Crippen molar-refractivity contribution in [3.8, 4) is 16.9 Å². The van der Waals surface area contributed by atoms with Crippen LogP contribution in [0.4, 0.5) is 43.9 Å². The molecule has 39 heavy (non-hydrogen) atoms. The molecule has 1 nitrogen and oxygen atoms in total. The van der Waals surface area contributed by atoms with Crippen LogP contribution >= 0.6 is 0 Å².